The van der Waals surface area contributed by atoms with Gasteiger partial charge in [-0.15, -0.1) is 0 Å². The molecule has 1 amide bonds. The summed E-state index contributed by atoms with van der Waals surface area (Å²) in [6, 6.07) is 10.3. The van der Waals surface area contributed by atoms with Gasteiger partial charge in [0.2, 0.25) is 5.91 Å². The number of nitrogens with zero attached hydrogens (tertiary/aromatic N) is 3. The Morgan fingerprint density at radius 1 is 1.10 bits per heavy atom. The Kier molecular flexibility index (Phi) is 10.3. The van der Waals surface area contributed by atoms with Crippen molar-refractivity contribution < 1.29 is 9.53 Å². The molecule has 1 saturated heterocycles. The van der Waals surface area contributed by atoms with Crippen molar-refractivity contribution in [3.63, 3.8) is 0 Å². The van der Waals surface area contributed by atoms with E-state index in [1.165, 1.54) is 5.69 Å². The zero-order valence-corrected chi connectivity index (χ0v) is 18.2. The third kappa shape index (κ3) is 8.73. The van der Waals surface area contributed by atoms with Crippen LogP contribution in [-0.4, -0.2) is 75.8 Å². The first kappa shape index (κ1) is 23.0. The average Bonchev–Trinajstić information content (AvgIpc) is 2.74. The third-order valence-corrected chi connectivity index (χ3v) is 4.85. The molecule has 1 aromatic carbocycles. The molecular formula is C22H37N5O2. The van der Waals surface area contributed by atoms with E-state index >= 15 is 0 Å². The number of ether oxygens (including phenoxy) is 1. The van der Waals surface area contributed by atoms with Crippen LogP contribution in [0.2, 0.25) is 0 Å². The minimum Gasteiger partial charge on any atom is -0.380 e. The fourth-order valence-corrected chi connectivity index (χ4v) is 3.10. The Hall–Kier alpha value is -2.28. The van der Waals surface area contributed by atoms with Gasteiger partial charge < -0.3 is 25.2 Å². The van der Waals surface area contributed by atoms with Crippen molar-refractivity contribution in [2.75, 3.05) is 63.9 Å². The van der Waals surface area contributed by atoms with Crippen molar-refractivity contribution in [2.45, 2.75) is 27.2 Å². The van der Waals surface area contributed by atoms with Crippen LogP contribution in [0, 0.1) is 5.92 Å². The number of piperazine rings is 1. The molecule has 1 fully saturated rings. The molecule has 2 rings (SSSR count). The van der Waals surface area contributed by atoms with Crippen LogP contribution in [0.3, 0.4) is 0 Å². The summed E-state index contributed by atoms with van der Waals surface area (Å²) in [5.74, 6) is 1.39. The topological polar surface area (TPSA) is 69.2 Å². The quantitative estimate of drug-likeness (QED) is 0.355. The number of hydrogen-bond donors (Lipinski definition) is 2. The third-order valence-electron chi connectivity index (χ3n) is 4.85. The molecule has 2 N–H and O–H groups in total. The smallest absolute Gasteiger partial charge is 0.244 e. The first-order valence-corrected chi connectivity index (χ1v) is 10.8. The number of para-hydroxylation sites is 1. The Morgan fingerprint density at radius 2 is 1.83 bits per heavy atom. The van der Waals surface area contributed by atoms with Gasteiger partial charge in [0.15, 0.2) is 5.96 Å². The molecule has 1 aliphatic rings. The molecule has 0 unspecified atom stereocenters. The number of guanidine groups is 1. The fourth-order valence-electron chi connectivity index (χ4n) is 3.10. The van der Waals surface area contributed by atoms with Crippen LogP contribution < -0.4 is 15.5 Å². The molecule has 0 bridgehead atoms. The van der Waals surface area contributed by atoms with Gasteiger partial charge in [-0.25, -0.2) is 4.99 Å². The van der Waals surface area contributed by atoms with Crippen molar-refractivity contribution in [3.05, 3.63) is 30.3 Å². The standard InChI is InChI=1S/C22H37N5O2/c1-4-23-22(24-11-17-29-16-10-19(2)3)25-18-21(28)27-14-12-26(13-15-27)20-8-6-5-7-9-20/h5-9,19H,4,10-18H2,1-3H3,(H2,23,24,25). The SMILES string of the molecule is CCNC(=NCC(=O)N1CCN(c2ccccc2)CC1)NCCOCCC(C)C. The molecule has 7 heteroatoms. The van der Waals surface area contributed by atoms with Gasteiger partial charge in [-0.2, -0.15) is 0 Å². The van der Waals surface area contributed by atoms with Crippen LogP contribution in [0.1, 0.15) is 27.2 Å². The van der Waals surface area contributed by atoms with Gasteiger partial charge in [0.25, 0.3) is 0 Å². The van der Waals surface area contributed by atoms with Crippen molar-refractivity contribution in [3.8, 4) is 0 Å². The molecule has 0 radical (unpaired) electrons. The second kappa shape index (κ2) is 13.0. The van der Waals surface area contributed by atoms with Crippen LogP contribution in [0.25, 0.3) is 0 Å². The predicted molar refractivity (Wildman–Crippen MR) is 119 cm³/mol. The molecule has 0 spiro atoms. The van der Waals surface area contributed by atoms with E-state index in [4.69, 9.17) is 4.74 Å². The highest BCUT2D eigenvalue weighted by molar-refractivity contribution is 5.85. The number of benzene rings is 1. The number of amides is 1. The van der Waals surface area contributed by atoms with Crippen molar-refractivity contribution in [2.24, 2.45) is 10.9 Å². The fraction of sp³-hybridized carbons (Fsp3) is 0.636. The van der Waals surface area contributed by atoms with Gasteiger partial charge >= 0.3 is 0 Å². The van der Waals surface area contributed by atoms with Crippen molar-refractivity contribution in [1.29, 1.82) is 0 Å². The number of aliphatic imine (C=N–C) groups is 1. The second-order valence-corrected chi connectivity index (χ2v) is 7.62. The monoisotopic (exact) mass is 403 g/mol. The van der Waals surface area contributed by atoms with Gasteiger partial charge in [0, 0.05) is 51.6 Å². The first-order valence-electron chi connectivity index (χ1n) is 10.8. The summed E-state index contributed by atoms with van der Waals surface area (Å²) in [4.78, 5) is 21.2. The zero-order valence-electron chi connectivity index (χ0n) is 18.2. The lowest BCUT2D eigenvalue weighted by Gasteiger charge is -2.36. The van der Waals surface area contributed by atoms with Crippen molar-refractivity contribution in [1.82, 2.24) is 15.5 Å². The van der Waals surface area contributed by atoms with Gasteiger partial charge in [-0.3, -0.25) is 4.79 Å². The lowest BCUT2D eigenvalue weighted by Crippen LogP contribution is -2.49. The molecule has 0 aliphatic carbocycles. The van der Waals surface area contributed by atoms with E-state index in [2.05, 4.69) is 46.5 Å². The predicted octanol–water partition coefficient (Wildman–Crippen LogP) is 1.95. The van der Waals surface area contributed by atoms with E-state index in [0.29, 0.717) is 25.0 Å². The normalized spacial score (nSPS) is 15.0. The molecule has 1 aliphatic heterocycles. The molecule has 0 atom stereocenters. The zero-order chi connectivity index (χ0) is 20.9. The average molecular weight is 404 g/mol. The van der Waals surface area contributed by atoms with E-state index < -0.39 is 0 Å². The highest BCUT2D eigenvalue weighted by atomic mass is 16.5. The summed E-state index contributed by atoms with van der Waals surface area (Å²) in [6.07, 6.45) is 1.07. The van der Waals surface area contributed by atoms with Crippen molar-refractivity contribution >= 4 is 17.6 Å². The summed E-state index contributed by atoms with van der Waals surface area (Å²) in [7, 11) is 0. The molecule has 7 nitrogen and oxygen atoms in total. The van der Waals surface area contributed by atoms with Crippen LogP contribution in [0.5, 0.6) is 0 Å². The second-order valence-electron chi connectivity index (χ2n) is 7.62. The number of anilines is 1. The van der Waals surface area contributed by atoms with Gasteiger partial charge in [0.05, 0.1) is 6.61 Å². The van der Waals surface area contributed by atoms with Gasteiger partial charge in [0.1, 0.15) is 6.54 Å². The molecule has 0 aromatic heterocycles. The maximum absolute atomic E-state index is 12.5. The number of hydrogen-bond acceptors (Lipinski definition) is 4. The molecule has 1 heterocycles. The summed E-state index contributed by atoms with van der Waals surface area (Å²) < 4.78 is 5.62. The Bertz CT molecular complexity index is 613. The maximum atomic E-state index is 12.5. The minimum atomic E-state index is 0.0723. The number of carbonyl (C=O) groups excluding carboxylic acids is 1. The highest BCUT2D eigenvalue weighted by Crippen LogP contribution is 2.15. The number of nitrogens with one attached hydrogen (secondary N) is 2. The highest BCUT2D eigenvalue weighted by Gasteiger charge is 2.20. The summed E-state index contributed by atoms with van der Waals surface area (Å²) in [6.45, 7) is 12.6. The van der Waals surface area contributed by atoms with Gasteiger partial charge in [-0.05, 0) is 31.4 Å². The molecular weight excluding hydrogens is 366 g/mol. The Labute approximate surface area is 175 Å². The van der Waals surface area contributed by atoms with E-state index in [-0.39, 0.29) is 12.5 Å². The van der Waals surface area contributed by atoms with Crippen LogP contribution in [0.15, 0.2) is 35.3 Å². The van der Waals surface area contributed by atoms with Crippen LogP contribution in [0.4, 0.5) is 5.69 Å². The molecule has 1 aromatic rings. The Balaban J connectivity index is 1.70. The van der Waals surface area contributed by atoms with Crippen LogP contribution in [-0.2, 0) is 9.53 Å². The van der Waals surface area contributed by atoms with E-state index in [1.54, 1.807) is 0 Å². The van der Waals surface area contributed by atoms with E-state index in [0.717, 1.165) is 45.8 Å². The Morgan fingerprint density at radius 3 is 2.48 bits per heavy atom. The van der Waals surface area contributed by atoms with Crippen LogP contribution >= 0.6 is 0 Å². The lowest BCUT2D eigenvalue weighted by atomic mass is 10.1. The van der Waals surface area contributed by atoms with E-state index in [1.807, 2.05) is 30.0 Å². The molecule has 29 heavy (non-hydrogen) atoms. The van der Waals surface area contributed by atoms with Gasteiger partial charge in [-0.1, -0.05) is 32.0 Å². The first-order chi connectivity index (χ1) is 14.1. The minimum absolute atomic E-state index is 0.0723. The molecule has 162 valence electrons. The summed E-state index contributed by atoms with van der Waals surface area (Å²) in [5, 5.41) is 6.41. The number of rotatable bonds is 10. The lowest BCUT2D eigenvalue weighted by molar-refractivity contribution is -0.129. The summed E-state index contributed by atoms with van der Waals surface area (Å²) >= 11 is 0. The molecule has 0 saturated carbocycles. The summed E-state index contributed by atoms with van der Waals surface area (Å²) in [5.41, 5.74) is 1.21. The largest absolute Gasteiger partial charge is 0.380 e. The maximum Gasteiger partial charge on any atom is 0.244 e. The van der Waals surface area contributed by atoms with E-state index in [9.17, 15) is 4.79 Å². The number of carbonyl (C=O) groups is 1.